The van der Waals surface area contributed by atoms with Crippen molar-refractivity contribution < 1.29 is 9.66 Å². The predicted molar refractivity (Wildman–Crippen MR) is 105 cm³/mol. The van der Waals surface area contributed by atoms with Crippen LogP contribution in [0.25, 0.3) is 0 Å². The number of halogens is 2. The standard InChI is InChI=1S/C17H13Cl2N5O3/c1-27-11-5-2-4-10(8-11)22-16-15(24(25)26)17(21-9-20-16)23-13-7-3-6-12(18)14(13)19/h2-9H,1H3,(H2,20,21,22,23). The highest BCUT2D eigenvalue weighted by Gasteiger charge is 2.24. The Balaban J connectivity index is 1.99. The highest BCUT2D eigenvalue weighted by Crippen LogP contribution is 2.36. The number of hydrogen-bond acceptors (Lipinski definition) is 7. The summed E-state index contributed by atoms with van der Waals surface area (Å²) < 4.78 is 5.15. The van der Waals surface area contributed by atoms with Crippen LogP contribution in [0.3, 0.4) is 0 Å². The Morgan fingerprint density at radius 3 is 2.48 bits per heavy atom. The Morgan fingerprint density at radius 2 is 1.78 bits per heavy atom. The van der Waals surface area contributed by atoms with Crippen molar-refractivity contribution >= 4 is 51.9 Å². The summed E-state index contributed by atoms with van der Waals surface area (Å²) >= 11 is 12.1. The second-order valence-corrected chi connectivity index (χ2v) is 6.05. The molecule has 0 spiro atoms. The third kappa shape index (κ3) is 4.18. The fraction of sp³-hybridized carbons (Fsp3) is 0.0588. The molecule has 0 bridgehead atoms. The molecule has 0 saturated carbocycles. The molecule has 0 atom stereocenters. The summed E-state index contributed by atoms with van der Waals surface area (Å²) in [5, 5.41) is 18.0. The maximum atomic E-state index is 11.7. The fourth-order valence-electron chi connectivity index (χ4n) is 2.30. The smallest absolute Gasteiger partial charge is 0.353 e. The largest absolute Gasteiger partial charge is 0.497 e. The second kappa shape index (κ2) is 8.07. The lowest BCUT2D eigenvalue weighted by atomic mass is 10.3. The minimum absolute atomic E-state index is 0.0175. The number of nitrogens with one attached hydrogen (secondary N) is 2. The summed E-state index contributed by atoms with van der Waals surface area (Å²) in [5.41, 5.74) is 0.623. The van der Waals surface area contributed by atoms with Crippen LogP contribution >= 0.6 is 23.2 Å². The van der Waals surface area contributed by atoms with Crippen molar-refractivity contribution in [3.63, 3.8) is 0 Å². The lowest BCUT2D eigenvalue weighted by molar-refractivity contribution is -0.383. The molecule has 3 aromatic rings. The average molecular weight is 406 g/mol. The molecule has 10 heteroatoms. The first-order chi connectivity index (χ1) is 13.0. The number of rotatable bonds is 6. The number of methoxy groups -OCH3 is 1. The van der Waals surface area contributed by atoms with Crippen LogP contribution in [0.1, 0.15) is 0 Å². The molecule has 0 unspecified atom stereocenters. The van der Waals surface area contributed by atoms with Gasteiger partial charge in [0.05, 0.1) is 27.8 Å². The van der Waals surface area contributed by atoms with Gasteiger partial charge >= 0.3 is 5.69 Å². The number of nitro groups is 1. The highest BCUT2D eigenvalue weighted by molar-refractivity contribution is 6.43. The van der Waals surface area contributed by atoms with Gasteiger partial charge in [0.1, 0.15) is 12.1 Å². The zero-order chi connectivity index (χ0) is 19.4. The van der Waals surface area contributed by atoms with Crippen molar-refractivity contribution in [3.05, 3.63) is 69.0 Å². The number of anilines is 4. The van der Waals surface area contributed by atoms with Gasteiger partial charge in [-0.05, 0) is 24.3 Å². The lowest BCUT2D eigenvalue weighted by Crippen LogP contribution is -2.05. The van der Waals surface area contributed by atoms with Crippen LogP contribution in [0.5, 0.6) is 5.75 Å². The van der Waals surface area contributed by atoms with E-state index < -0.39 is 4.92 Å². The fourth-order valence-corrected chi connectivity index (χ4v) is 2.65. The van der Waals surface area contributed by atoms with Crippen molar-refractivity contribution in [2.75, 3.05) is 17.7 Å². The Morgan fingerprint density at radius 1 is 1.07 bits per heavy atom. The lowest BCUT2D eigenvalue weighted by Gasteiger charge is -2.12. The van der Waals surface area contributed by atoms with Gasteiger partial charge in [0.2, 0.25) is 11.6 Å². The number of ether oxygens (including phenoxy) is 1. The van der Waals surface area contributed by atoms with Gasteiger partial charge in [-0.25, -0.2) is 9.97 Å². The van der Waals surface area contributed by atoms with Crippen LogP contribution in [0, 0.1) is 10.1 Å². The molecule has 1 heterocycles. The molecule has 2 aromatic carbocycles. The molecule has 0 radical (unpaired) electrons. The molecule has 0 aliphatic rings. The van der Waals surface area contributed by atoms with E-state index in [0.717, 1.165) is 0 Å². The van der Waals surface area contributed by atoms with Crippen LogP contribution in [-0.4, -0.2) is 22.0 Å². The van der Waals surface area contributed by atoms with E-state index in [2.05, 4.69) is 20.6 Å². The molecule has 0 saturated heterocycles. The van der Waals surface area contributed by atoms with Gasteiger partial charge in [-0.15, -0.1) is 0 Å². The Labute approximate surface area is 164 Å². The molecule has 138 valence electrons. The van der Waals surface area contributed by atoms with Gasteiger partial charge in [0.15, 0.2) is 0 Å². The Kier molecular flexibility index (Phi) is 5.58. The minimum atomic E-state index is -0.580. The van der Waals surface area contributed by atoms with E-state index in [1.807, 2.05) is 0 Å². The average Bonchev–Trinajstić information content (AvgIpc) is 2.65. The first-order valence-electron chi connectivity index (χ1n) is 7.61. The summed E-state index contributed by atoms with van der Waals surface area (Å²) in [6.07, 6.45) is 1.20. The Bertz CT molecular complexity index is 1000. The first kappa shape index (κ1) is 18.7. The number of benzene rings is 2. The Hall–Kier alpha value is -3.10. The molecule has 1 aromatic heterocycles. The van der Waals surface area contributed by atoms with E-state index in [-0.39, 0.29) is 22.3 Å². The molecule has 0 amide bonds. The molecule has 8 nitrogen and oxygen atoms in total. The third-order valence-electron chi connectivity index (χ3n) is 3.54. The van der Waals surface area contributed by atoms with Gasteiger partial charge in [-0.2, -0.15) is 0 Å². The van der Waals surface area contributed by atoms with E-state index in [0.29, 0.717) is 22.1 Å². The molecule has 0 fully saturated rings. The molecule has 3 rings (SSSR count). The summed E-state index contributed by atoms with van der Waals surface area (Å²) in [7, 11) is 1.53. The first-order valence-corrected chi connectivity index (χ1v) is 8.36. The quantitative estimate of drug-likeness (QED) is 0.429. The SMILES string of the molecule is COc1cccc(Nc2ncnc(Nc3cccc(Cl)c3Cl)c2[N+](=O)[O-])c1. The summed E-state index contributed by atoms with van der Waals surface area (Å²) in [6.45, 7) is 0. The monoisotopic (exact) mass is 405 g/mol. The van der Waals surface area contributed by atoms with Crippen molar-refractivity contribution in [1.29, 1.82) is 0 Å². The molecule has 2 N–H and O–H groups in total. The van der Waals surface area contributed by atoms with E-state index in [1.54, 1.807) is 42.5 Å². The van der Waals surface area contributed by atoms with Crippen LogP contribution in [0.2, 0.25) is 10.0 Å². The molecule has 27 heavy (non-hydrogen) atoms. The normalized spacial score (nSPS) is 10.3. The van der Waals surface area contributed by atoms with Crippen LogP contribution < -0.4 is 15.4 Å². The van der Waals surface area contributed by atoms with Gasteiger partial charge in [-0.1, -0.05) is 35.3 Å². The van der Waals surface area contributed by atoms with Crippen LogP contribution in [0.15, 0.2) is 48.8 Å². The summed E-state index contributed by atoms with van der Waals surface area (Å²) in [6, 6.07) is 11.8. The van der Waals surface area contributed by atoms with Gasteiger partial charge in [0, 0.05) is 11.8 Å². The van der Waals surface area contributed by atoms with E-state index in [1.165, 1.54) is 13.4 Å². The highest BCUT2D eigenvalue weighted by atomic mass is 35.5. The number of hydrogen-bond donors (Lipinski definition) is 2. The van der Waals surface area contributed by atoms with Gasteiger partial charge < -0.3 is 15.4 Å². The van der Waals surface area contributed by atoms with Crippen molar-refractivity contribution in [1.82, 2.24) is 9.97 Å². The molecular weight excluding hydrogens is 393 g/mol. The molecule has 0 aliphatic carbocycles. The van der Waals surface area contributed by atoms with E-state index >= 15 is 0 Å². The topological polar surface area (TPSA) is 102 Å². The number of aromatic nitrogens is 2. The molecular formula is C17H13Cl2N5O3. The third-order valence-corrected chi connectivity index (χ3v) is 4.36. The van der Waals surface area contributed by atoms with Crippen molar-refractivity contribution in [2.45, 2.75) is 0 Å². The minimum Gasteiger partial charge on any atom is -0.497 e. The second-order valence-electron chi connectivity index (χ2n) is 5.26. The van der Waals surface area contributed by atoms with E-state index in [4.69, 9.17) is 27.9 Å². The summed E-state index contributed by atoms with van der Waals surface area (Å²) in [4.78, 5) is 19.0. The maximum Gasteiger partial charge on any atom is 0.353 e. The summed E-state index contributed by atoms with van der Waals surface area (Å²) in [5.74, 6) is 0.592. The van der Waals surface area contributed by atoms with E-state index in [9.17, 15) is 10.1 Å². The maximum absolute atomic E-state index is 11.7. The van der Waals surface area contributed by atoms with Crippen LogP contribution in [0.4, 0.5) is 28.7 Å². The zero-order valence-electron chi connectivity index (χ0n) is 13.9. The zero-order valence-corrected chi connectivity index (χ0v) is 15.5. The van der Waals surface area contributed by atoms with Gasteiger partial charge in [0.25, 0.3) is 0 Å². The molecule has 0 aliphatic heterocycles. The number of nitrogens with zero attached hydrogens (tertiary/aromatic N) is 3. The van der Waals surface area contributed by atoms with Crippen molar-refractivity contribution in [3.8, 4) is 5.75 Å². The van der Waals surface area contributed by atoms with Crippen molar-refractivity contribution in [2.24, 2.45) is 0 Å². The predicted octanol–water partition coefficient (Wildman–Crippen LogP) is 5.19. The van der Waals surface area contributed by atoms with Crippen LogP contribution in [-0.2, 0) is 0 Å². The van der Waals surface area contributed by atoms with Gasteiger partial charge in [-0.3, -0.25) is 10.1 Å².